The van der Waals surface area contributed by atoms with Crippen LogP contribution in [0.5, 0.6) is 0 Å². The number of methoxy groups -OCH3 is 1. The van der Waals surface area contributed by atoms with Crippen LogP contribution in [-0.4, -0.2) is 37.2 Å². The summed E-state index contributed by atoms with van der Waals surface area (Å²) in [6, 6.07) is 3.79. The average Bonchev–Trinajstić information content (AvgIpc) is 2.59. The smallest absolute Gasteiger partial charge is 0.338 e. The van der Waals surface area contributed by atoms with Gasteiger partial charge in [0.05, 0.1) is 24.5 Å². The Morgan fingerprint density at radius 2 is 1.93 bits per heavy atom. The molecule has 0 spiro atoms. The number of hydrogen-bond donors (Lipinski definition) is 3. The second-order valence-corrected chi connectivity index (χ2v) is 7.16. The number of hydrogen-bond acceptors (Lipinski definition) is 7. The van der Waals surface area contributed by atoms with E-state index in [0.717, 1.165) is 16.7 Å². The molecule has 0 saturated carbocycles. The molecule has 1 aliphatic heterocycles. The first-order valence-electron chi connectivity index (χ1n) is 8.61. The fraction of sp³-hybridized carbons (Fsp3) is 0.421. The van der Waals surface area contributed by atoms with Crippen LogP contribution in [-0.2, 0) is 9.47 Å². The van der Waals surface area contributed by atoms with Gasteiger partial charge in [-0.1, -0.05) is 17.7 Å². The Hall–Kier alpha value is -2.38. The fourth-order valence-electron chi connectivity index (χ4n) is 3.32. The van der Waals surface area contributed by atoms with Crippen LogP contribution in [0.25, 0.3) is 0 Å². The number of ether oxygens (including phenoxy) is 2. The first-order valence-corrected chi connectivity index (χ1v) is 8.99. The molecular weight excluding hydrogens is 368 g/mol. The number of benzene rings is 1. The van der Waals surface area contributed by atoms with E-state index in [-0.39, 0.29) is 29.2 Å². The van der Waals surface area contributed by atoms with E-state index >= 15 is 0 Å². The Morgan fingerprint density at radius 1 is 1.26 bits per heavy atom. The molecule has 2 rings (SSSR count). The van der Waals surface area contributed by atoms with Gasteiger partial charge in [0.2, 0.25) is 0 Å². The fourth-order valence-corrected chi connectivity index (χ4v) is 3.43. The van der Waals surface area contributed by atoms with E-state index in [1.165, 1.54) is 7.11 Å². The number of carbonyl (C=O) groups is 1. The van der Waals surface area contributed by atoms with Crippen LogP contribution in [0, 0.1) is 13.8 Å². The summed E-state index contributed by atoms with van der Waals surface area (Å²) in [5.74, 6) is -0.217. The molecule has 2 atom stereocenters. The summed E-state index contributed by atoms with van der Waals surface area (Å²) in [5.41, 5.74) is 21.1. The van der Waals surface area contributed by atoms with Crippen molar-refractivity contribution in [3.63, 3.8) is 0 Å². The molecule has 0 aliphatic carbocycles. The lowest BCUT2D eigenvalue weighted by Gasteiger charge is -2.39. The summed E-state index contributed by atoms with van der Waals surface area (Å²) in [4.78, 5) is 13.9. The topological polar surface area (TPSA) is 117 Å². The highest BCUT2D eigenvalue weighted by atomic mass is 35.5. The van der Waals surface area contributed by atoms with E-state index in [0.29, 0.717) is 24.4 Å². The molecule has 148 valence electrons. The van der Waals surface area contributed by atoms with Gasteiger partial charge in [0.25, 0.3) is 0 Å². The molecule has 1 heterocycles. The first kappa shape index (κ1) is 20.9. The van der Waals surface area contributed by atoms with Crippen LogP contribution in [0.2, 0.25) is 0 Å². The molecular formula is C19H27ClN4O3. The van der Waals surface area contributed by atoms with Gasteiger partial charge in [-0.3, -0.25) is 0 Å². The maximum atomic E-state index is 11.9. The normalized spacial score (nSPS) is 20.3. The van der Waals surface area contributed by atoms with Gasteiger partial charge >= 0.3 is 5.97 Å². The summed E-state index contributed by atoms with van der Waals surface area (Å²) < 4.78 is 11.0. The summed E-state index contributed by atoms with van der Waals surface area (Å²) in [5, 5.41) is 0.101. The van der Waals surface area contributed by atoms with Gasteiger partial charge in [-0.25, -0.2) is 4.79 Å². The van der Waals surface area contributed by atoms with Crippen LogP contribution >= 0.6 is 11.6 Å². The first-order chi connectivity index (χ1) is 12.6. The van der Waals surface area contributed by atoms with Gasteiger partial charge in [-0.05, 0) is 49.6 Å². The van der Waals surface area contributed by atoms with Gasteiger partial charge in [0, 0.05) is 13.1 Å². The quantitative estimate of drug-likeness (QED) is 0.406. The lowest BCUT2D eigenvalue weighted by molar-refractivity contribution is -0.0686. The van der Waals surface area contributed by atoms with Gasteiger partial charge < -0.3 is 31.6 Å². The molecule has 0 radical (unpaired) electrons. The third-order valence-electron chi connectivity index (χ3n) is 4.54. The minimum absolute atomic E-state index is 0.0666. The molecule has 7 nitrogen and oxygen atoms in total. The number of nitrogens with zero attached hydrogens (tertiary/aromatic N) is 1. The number of esters is 1. The molecule has 0 amide bonds. The highest BCUT2D eigenvalue weighted by molar-refractivity contribution is 6.29. The largest absolute Gasteiger partial charge is 0.465 e. The van der Waals surface area contributed by atoms with Crippen molar-refractivity contribution in [2.24, 2.45) is 17.2 Å². The number of halogens is 1. The van der Waals surface area contributed by atoms with E-state index in [9.17, 15) is 4.79 Å². The summed E-state index contributed by atoms with van der Waals surface area (Å²) in [6.07, 6.45) is 1.26. The zero-order valence-electron chi connectivity index (χ0n) is 16.1. The van der Waals surface area contributed by atoms with Gasteiger partial charge in [0.1, 0.15) is 17.1 Å². The van der Waals surface area contributed by atoms with E-state index in [1.807, 2.05) is 37.8 Å². The second-order valence-electron chi connectivity index (χ2n) is 6.73. The Bertz CT molecular complexity index is 783. The standard InChI is InChI=1S/C19H27ClN4O3/c1-10-6-14(19(25)26-4)11(2)5-13(10)16-9-24(8-12(3)27-16)15(18(22)23)7-17(20)21/h5-7,12,16H,8-9,21-23H2,1-4H3/b17-7-. The molecule has 1 aliphatic rings. The average molecular weight is 395 g/mol. The number of carbonyl (C=O) groups excluding carboxylic acids is 1. The van der Waals surface area contributed by atoms with Gasteiger partial charge in [-0.15, -0.1) is 0 Å². The van der Waals surface area contributed by atoms with Crippen LogP contribution < -0.4 is 17.2 Å². The molecule has 1 fully saturated rings. The van der Waals surface area contributed by atoms with E-state index in [1.54, 1.807) is 6.08 Å². The lowest BCUT2D eigenvalue weighted by Crippen LogP contribution is -2.43. The highest BCUT2D eigenvalue weighted by Gasteiger charge is 2.29. The minimum Gasteiger partial charge on any atom is -0.465 e. The molecule has 1 saturated heterocycles. The molecule has 27 heavy (non-hydrogen) atoms. The van der Waals surface area contributed by atoms with Crippen molar-refractivity contribution in [1.82, 2.24) is 4.90 Å². The molecule has 0 bridgehead atoms. The monoisotopic (exact) mass is 394 g/mol. The van der Waals surface area contributed by atoms with E-state index < -0.39 is 0 Å². The Labute approximate surface area is 164 Å². The zero-order chi connectivity index (χ0) is 20.3. The van der Waals surface area contributed by atoms with Crippen molar-refractivity contribution in [2.75, 3.05) is 20.2 Å². The molecule has 0 aromatic heterocycles. The van der Waals surface area contributed by atoms with E-state index in [2.05, 4.69) is 0 Å². The lowest BCUT2D eigenvalue weighted by atomic mass is 9.95. The molecule has 1 aromatic carbocycles. The van der Waals surface area contributed by atoms with Crippen LogP contribution in [0.4, 0.5) is 0 Å². The van der Waals surface area contributed by atoms with Crippen molar-refractivity contribution in [2.45, 2.75) is 33.0 Å². The van der Waals surface area contributed by atoms with Crippen LogP contribution in [0.3, 0.4) is 0 Å². The van der Waals surface area contributed by atoms with Crippen molar-refractivity contribution in [3.8, 4) is 0 Å². The van der Waals surface area contributed by atoms with Gasteiger partial charge in [0.15, 0.2) is 0 Å². The van der Waals surface area contributed by atoms with Crippen molar-refractivity contribution in [1.29, 1.82) is 0 Å². The predicted molar refractivity (Wildman–Crippen MR) is 106 cm³/mol. The number of morpholine rings is 1. The van der Waals surface area contributed by atoms with E-state index in [4.69, 9.17) is 38.3 Å². The SMILES string of the molecule is COC(=O)c1cc(C)c(C2CN(C(/C=C(\N)Cl)=C(N)N)CC(C)O2)cc1C. The third-order valence-corrected chi connectivity index (χ3v) is 4.65. The van der Waals surface area contributed by atoms with Crippen molar-refractivity contribution >= 4 is 17.6 Å². The molecule has 1 aromatic rings. The number of nitrogens with two attached hydrogens (primary N) is 3. The predicted octanol–water partition coefficient (Wildman–Crippen LogP) is 1.98. The summed E-state index contributed by atoms with van der Waals surface area (Å²) in [6.45, 7) is 6.92. The maximum Gasteiger partial charge on any atom is 0.338 e. The third kappa shape index (κ3) is 4.87. The van der Waals surface area contributed by atoms with Gasteiger partial charge in [-0.2, -0.15) is 0 Å². The summed E-state index contributed by atoms with van der Waals surface area (Å²) >= 11 is 5.82. The maximum absolute atomic E-state index is 11.9. The second kappa shape index (κ2) is 8.54. The van der Waals surface area contributed by atoms with Crippen LogP contribution in [0.15, 0.2) is 34.9 Å². The Kier molecular flexibility index (Phi) is 6.62. The minimum atomic E-state index is -0.356. The Morgan fingerprint density at radius 3 is 2.48 bits per heavy atom. The highest BCUT2D eigenvalue weighted by Crippen LogP contribution is 2.31. The molecule has 2 unspecified atom stereocenters. The van der Waals surface area contributed by atoms with Crippen molar-refractivity contribution in [3.05, 3.63) is 57.1 Å². The van der Waals surface area contributed by atoms with Crippen molar-refractivity contribution < 1.29 is 14.3 Å². The number of aryl methyl sites for hydroxylation is 2. The number of allylic oxidation sites excluding steroid dienone is 1. The summed E-state index contributed by atoms with van der Waals surface area (Å²) in [7, 11) is 1.37. The van der Waals surface area contributed by atoms with Crippen LogP contribution in [0.1, 0.15) is 40.1 Å². The Balaban J connectivity index is 2.39. The number of rotatable bonds is 4. The molecule has 6 N–H and O–H groups in total. The molecule has 8 heteroatoms. The zero-order valence-corrected chi connectivity index (χ0v) is 16.8.